The third kappa shape index (κ3) is 3.13. The first-order valence-electron chi connectivity index (χ1n) is 6.70. The van der Waals surface area contributed by atoms with Crippen LogP contribution in [-0.2, 0) is 0 Å². The number of nitrogens with one attached hydrogen (secondary N) is 1. The number of hydrogen-bond acceptors (Lipinski definition) is 5. The predicted octanol–water partition coefficient (Wildman–Crippen LogP) is 0.478. The van der Waals surface area contributed by atoms with Gasteiger partial charge in [-0.3, -0.25) is 4.79 Å². The molecule has 6 nitrogen and oxygen atoms in total. The van der Waals surface area contributed by atoms with Gasteiger partial charge in [-0.15, -0.1) is 0 Å². The maximum Gasteiger partial charge on any atom is 0.259 e. The summed E-state index contributed by atoms with van der Waals surface area (Å²) in [6, 6.07) is 0.316. The molecular weight excluding hydrogens is 246 g/mol. The van der Waals surface area contributed by atoms with Crippen LogP contribution in [0, 0.1) is 13.8 Å². The highest BCUT2D eigenvalue weighted by Gasteiger charge is 2.26. The molecule has 1 aliphatic heterocycles. The summed E-state index contributed by atoms with van der Waals surface area (Å²) < 4.78 is 5.04. The topological polar surface area (TPSA) is 78.6 Å². The van der Waals surface area contributed by atoms with Crippen molar-refractivity contribution in [2.24, 2.45) is 0 Å². The molecule has 106 valence electrons. The summed E-state index contributed by atoms with van der Waals surface area (Å²) in [6.07, 6.45) is 2.20. The van der Waals surface area contributed by atoms with Crippen LogP contribution in [0.15, 0.2) is 4.52 Å². The van der Waals surface area contributed by atoms with E-state index in [0.717, 1.165) is 19.4 Å². The van der Waals surface area contributed by atoms with Gasteiger partial charge in [0.05, 0.1) is 12.3 Å². The number of nitrogens with zero attached hydrogens (tertiary/aromatic N) is 2. The van der Waals surface area contributed by atoms with E-state index in [9.17, 15) is 4.79 Å². The van der Waals surface area contributed by atoms with Crippen LogP contribution in [0.3, 0.4) is 0 Å². The van der Waals surface area contributed by atoms with Crippen molar-refractivity contribution >= 4 is 5.91 Å². The van der Waals surface area contributed by atoms with Crippen LogP contribution in [0.2, 0.25) is 0 Å². The Bertz CT molecular complexity index is 419. The Hall–Kier alpha value is -1.40. The van der Waals surface area contributed by atoms with Crippen molar-refractivity contribution < 1.29 is 14.4 Å². The second-order valence-electron chi connectivity index (χ2n) is 4.97. The third-order valence-corrected chi connectivity index (χ3v) is 3.51. The number of aliphatic hydroxyl groups is 1. The second kappa shape index (κ2) is 6.16. The van der Waals surface area contributed by atoms with Crippen molar-refractivity contribution in [3.8, 4) is 0 Å². The molecule has 19 heavy (non-hydrogen) atoms. The summed E-state index contributed by atoms with van der Waals surface area (Å²) in [6.45, 7) is 5.40. The Morgan fingerprint density at radius 2 is 2.37 bits per heavy atom. The van der Waals surface area contributed by atoms with E-state index >= 15 is 0 Å². The Labute approximate surface area is 112 Å². The number of aryl methyl sites for hydroxylation is 2. The number of aromatic nitrogens is 1. The first-order chi connectivity index (χ1) is 9.13. The highest BCUT2D eigenvalue weighted by molar-refractivity contribution is 5.96. The van der Waals surface area contributed by atoms with E-state index in [-0.39, 0.29) is 12.5 Å². The fourth-order valence-electron chi connectivity index (χ4n) is 2.52. The molecule has 0 bridgehead atoms. The van der Waals surface area contributed by atoms with Crippen LogP contribution in [0.25, 0.3) is 0 Å². The van der Waals surface area contributed by atoms with E-state index in [2.05, 4.69) is 10.5 Å². The minimum atomic E-state index is -0.112. The van der Waals surface area contributed by atoms with Gasteiger partial charge in [-0.25, -0.2) is 0 Å². The van der Waals surface area contributed by atoms with Gasteiger partial charge in [0.2, 0.25) is 0 Å². The van der Waals surface area contributed by atoms with Gasteiger partial charge >= 0.3 is 0 Å². The fourth-order valence-corrected chi connectivity index (χ4v) is 2.52. The average Bonchev–Trinajstić information content (AvgIpc) is 2.99. The van der Waals surface area contributed by atoms with Crippen LogP contribution in [0.5, 0.6) is 0 Å². The lowest BCUT2D eigenvalue weighted by Gasteiger charge is -2.25. The highest BCUT2D eigenvalue weighted by atomic mass is 16.5. The first kappa shape index (κ1) is 14.0. The summed E-state index contributed by atoms with van der Waals surface area (Å²) in [7, 11) is 0. The van der Waals surface area contributed by atoms with Gasteiger partial charge < -0.3 is 19.8 Å². The Morgan fingerprint density at radius 3 is 2.89 bits per heavy atom. The molecule has 1 unspecified atom stereocenters. The lowest BCUT2D eigenvalue weighted by atomic mass is 10.1. The first-order valence-corrected chi connectivity index (χ1v) is 6.70. The van der Waals surface area contributed by atoms with Gasteiger partial charge in [0, 0.05) is 19.1 Å². The van der Waals surface area contributed by atoms with Crippen molar-refractivity contribution in [2.45, 2.75) is 32.7 Å². The van der Waals surface area contributed by atoms with E-state index in [1.165, 1.54) is 0 Å². The molecule has 0 spiro atoms. The van der Waals surface area contributed by atoms with Crippen LogP contribution in [0.4, 0.5) is 0 Å². The lowest BCUT2D eigenvalue weighted by Crippen LogP contribution is -2.42. The van der Waals surface area contributed by atoms with Gasteiger partial charge in [0.15, 0.2) is 0 Å². The minimum Gasteiger partial charge on any atom is -0.395 e. The largest absolute Gasteiger partial charge is 0.395 e. The van der Waals surface area contributed by atoms with Crippen LogP contribution >= 0.6 is 0 Å². The van der Waals surface area contributed by atoms with Crippen molar-refractivity contribution in [3.05, 3.63) is 17.0 Å². The van der Waals surface area contributed by atoms with Crippen molar-refractivity contribution in [1.29, 1.82) is 0 Å². The molecule has 1 atom stereocenters. The van der Waals surface area contributed by atoms with Gasteiger partial charge in [0.1, 0.15) is 11.3 Å². The number of aliphatic hydroxyl groups excluding tert-OH is 1. The maximum absolute atomic E-state index is 12.5. The standard InChI is InChI=1S/C13H21N3O3/c1-9-12(10(2)19-15-9)13(18)16(6-7-17)8-11-4-3-5-14-11/h11,14,17H,3-8H2,1-2H3. The lowest BCUT2D eigenvalue weighted by molar-refractivity contribution is 0.0704. The predicted molar refractivity (Wildman–Crippen MR) is 70.0 cm³/mol. The molecule has 1 fully saturated rings. The molecule has 2 N–H and O–H groups in total. The zero-order valence-electron chi connectivity index (χ0n) is 11.5. The van der Waals surface area contributed by atoms with Gasteiger partial charge in [-0.05, 0) is 33.2 Å². The van der Waals surface area contributed by atoms with Gasteiger partial charge in [-0.1, -0.05) is 5.16 Å². The van der Waals surface area contributed by atoms with Gasteiger partial charge in [0.25, 0.3) is 5.91 Å². The molecule has 2 rings (SSSR count). The molecule has 0 saturated carbocycles. The molecule has 0 aromatic carbocycles. The molecule has 0 aliphatic carbocycles. The normalized spacial score (nSPS) is 18.8. The molecule has 1 aromatic heterocycles. The summed E-state index contributed by atoms with van der Waals surface area (Å²) in [4.78, 5) is 14.2. The Balaban J connectivity index is 2.11. The zero-order chi connectivity index (χ0) is 13.8. The second-order valence-corrected chi connectivity index (χ2v) is 4.97. The summed E-state index contributed by atoms with van der Waals surface area (Å²) in [5, 5.41) is 16.3. The van der Waals surface area contributed by atoms with E-state index in [4.69, 9.17) is 9.63 Å². The SMILES string of the molecule is Cc1noc(C)c1C(=O)N(CCO)CC1CCCN1. The molecule has 1 aromatic rings. The zero-order valence-corrected chi connectivity index (χ0v) is 11.5. The van der Waals surface area contributed by atoms with Crippen molar-refractivity contribution in [1.82, 2.24) is 15.4 Å². The van der Waals surface area contributed by atoms with Gasteiger partial charge in [-0.2, -0.15) is 0 Å². The van der Waals surface area contributed by atoms with E-state index in [1.807, 2.05) is 0 Å². The van der Waals surface area contributed by atoms with Crippen molar-refractivity contribution in [3.63, 3.8) is 0 Å². The van der Waals surface area contributed by atoms with E-state index in [1.54, 1.807) is 18.7 Å². The molecule has 1 amide bonds. The Morgan fingerprint density at radius 1 is 1.58 bits per heavy atom. The summed E-state index contributed by atoms with van der Waals surface area (Å²) in [5.41, 5.74) is 1.12. The average molecular weight is 267 g/mol. The smallest absolute Gasteiger partial charge is 0.259 e. The number of carbonyl (C=O) groups is 1. The van der Waals surface area contributed by atoms with Crippen LogP contribution < -0.4 is 5.32 Å². The summed E-state index contributed by atoms with van der Waals surface area (Å²) in [5.74, 6) is 0.420. The monoisotopic (exact) mass is 267 g/mol. The third-order valence-electron chi connectivity index (χ3n) is 3.51. The summed E-state index contributed by atoms with van der Waals surface area (Å²) >= 11 is 0. The molecule has 6 heteroatoms. The fraction of sp³-hybridized carbons (Fsp3) is 0.692. The molecule has 1 saturated heterocycles. The number of amides is 1. The maximum atomic E-state index is 12.5. The molecule has 0 radical (unpaired) electrons. The quantitative estimate of drug-likeness (QED) is 0.811. The number of carbonyl (C=O) groups excluding carboxylic acids is 1. The van der Waals surface area contributed by atoms with Crippen LogP contribution in [0.1, 0.15) is 34.7 Å². The van der Waals surface area contributed by atoms with Crippen molar-refractivity contribution in [2.75, 3.05) is 26.2 Å². The molecule has 2 heterocycles. The molecular formula is C13H21N3O3. The van der Waals surface area contributed by atoms with E-state index in [0.29, 0.717) is 36.1 Å². The number of rotatable bonds is 5. The number of hydrogen-bond donors (Lipinski definition) is 2. The Kier molecular flexibility index (Phi) is 4.55. The van der Waals surface area contributed by atoms with Crippen LogP contribution in [-0.4, -0.2) is 53.4 Å². The molecule has 1 aliphatic rings. The highest BCUT2D eigenvalue weighted by Crippen LogP contribution is 2.16. The minimum absolute atomic E-state index is 0.0398. The van der Waals surface area contributed by atoms with E-state index < -0.39 is 0 Å².